The third kappa shape index (κ3) is 11.0. The summed E-state index contributed by atoms with van der Waals surface area (Å²) in [7, 11) is 0. The molecule has 0 aromatic carbocycles. The molecular weight excluding hydrogens is 416 g/mol. The van der Waals surface area contributed by atoms with Crippen LogP contribution in [0.15, 0.2) is 0 Å². The quantitative estimate of drug-likeness (QED) is 0.0963. The zero-order chi connectivity index (χ0) is 23.3. The standard InChI is InChI=1S/C17H32N6O6S/c1-9(17(28)29)21-16(27)12(8-30)23-15(26)11(5-6-13(20)24)22-14(25)10(19)4-2-3-7-18/h9-12,30H,2-8,18-19H2,1H3,(H2,20,24)(H,21,27)(H,22,25)(H,23,26)(H,28,29). The number of unbranched alkanes of at least 4 members (excludes halogenated alkanes) is 1. The summed E-state index contributed by atoms with van der Waals surface area (Å²) < 4.78 is 0. The molecule has 10 N–H and O–H groups in total. The fraction of sp³-hybridized carbons (Fsp3) is 0.706. The van der Waals surface area contributed by atoms with Gasteiger partial charge in [0, 0.05) is 12.2 Å². The van der Waals surface area contributed by atoms with E-state index in [-0.39, 0.29) is 18.6 Å². The van der Waals surface area contributed by atoms with E-state index in [0.717, 1.165) is 0 Å². The molecule has 0 aliphatic heterocycles. The highest BCUT2D eigenvalue weighted by molar-refractivity contribution is 7.80. The fourth-order valence-corrected chi connectivity index (χ4v) is 2.57. The molecule has 0 radical (unpaired) electrons. The van der Waals surface area contributed by atoms with Crippen molar-refractivity contribution in [3.8, 4) is 0 Å². The van der Waals surface area contributed by atoms with E-state index in [2.05, 4.69) is 28.6 Å². The smallest absolute Gasteiger partial charge is 0.325 e. The Kier molecular flexibility index (Phi) is 13.4. The number of hydrogen-bond donors (Lipinski definition) is 8. The predicted molar refractivity (Wildman–Crippen MR) is 112 cm³/mol. The van der Waals surface area contributed by atoms with Gasteiger partial charge in [0.05, 0.1) is 6.04 Å². The molecule has 0 fully saturated rings. The lowest BCUT2D eigenvalue weighted by Gasteiger charge is -2.23. The van der Waals surface area contributed by atoms with E-state index in [1.54, 1.807) is 0 Å². The van der Waals surface area contributed by atoms with Gasteiger partial charge in [0.25, 0.3) is 0 Å². The van der Waals surface area contributed by atoms with Crippen molar-refractivity contribution >= 4 is 42.2 Å². The van der Waals surface area contributed by atoms with E-state index in [1.807, 2.05) is 0 Å². The maximum Gasteiger partial charge on any atom is 0.325 e. The number of hydrogen-bond acceptors (Lipinski definition) is 8. The van der Waals surface area contributed by atoms with Crippen LogP contribution >= 0.6 is 12.6 Å². The molecule has 0 aromatic heterocycles. The highest BCUT2D eigenvalue weighted by Gasteiger charge is 2.28. The van der Waals surface area contributed by atoms with E-state index in [0.29, 0.717) is 25.8 Å². The molecule has 12 nitrogen and oxygen atoms in total. The Morgan fingerprint density at radius 2 is 1.50 bits per heavy atom. The Labute approximate surface area is 180 Å². The molecule has 4 unspecified atom stereocenters. The molecule has 0 spiro atoms. The molecule has 0 aliphatic rings. The van der Waals surface area contributed by atoms with Crippen LogP contribution < -0.4 is 33.2 Å². The molecule has 0 bridgehead atoms. The lowest BCUT2D eigenvalue weighted by Crippen LogP contribution is -2.57. The molecule has 30 heavy (non-hydrogen) atoms. The van der Waals surface area contributed by atoms with Gasteiger partial charge in [0.1, 0.15) is 18.1 Å². The van der Waals surface area contributed by atoms with Gasteiger partial charge in [-0.2, -0.15) is 12.6 Å². The average Bonchev–Trinajstić information content (AvgIpc) is 2.68. The number of primary amides is 1. The van der Waals surface area contributed by atoms with Crippen LogP contribution in [0.2, 0.25) is 0 Å². The lowest BCUT2D eigenvalue weighted by atomic mass is 10.1. The van der Waals surface area contributed by atoms with Gasteiger partial charge in [-0.3, -0.25) is 24.0 Å². The molecule has 0 saturated carbocycles. The SMILES string of the molecule is CC(NC(=O)C(CS)NC(=O)C(CCC(N)=O)NC(=O)C(N)CCCCN)C(=O)O. The summed E-state index contributed by atoms with van der Waals surface area (Å²) in [6, 6.07) is -4.37. The molecule has 0 heterocycles. The third-order valence-electron chi connectivity index (χ3n) is 4.16. The van der Waals surface area contributed by atoms with Crippen molar-refractivity contribution in [1.29, 1.82) is 0 Å². The van der Waals surface area contributed by atoms with Crippen molar-refractivity contribution in [2.45, 2.75) is 63.2 Å². The number of thiol groups is 1. The van der Waals surface area contributed by atoms with Gasteiger partial charge >= 0.3 is 5.97 Å². The second-order valence-corrected chi connectivity index (χ2v) is 7.13. The van der Waals surface area contributed by atoms with Crippen LogP contribution in [0.5, 0.6) is 0 Å². The van der Waals surface area contributed by atoms with Crippen molar-refractivity contribution in [2.24, 2.45) is 17.2 Å². The number of aliphatic carboxylic acids is 1. The normalized spacial score (nSPS) is 14.7. The molecule has 0 aliphatic carbocycles. The first-order chi connectivity index (χ1) is 14.0. The van der Waals surface area contributed by atoms with Crippen LogP contribution in [0.25, 0.3) is 0 Å². The van der Waals surface area contributed by atoms with Crippen molar-refractivity contribution in [2.75, 3.05) is 12.3 Å². The van der Waals surface area contributed by atoms with Crippen LogP contribution in [0, 0.1) is 0 Å². The van der Waals surface area contributed by atoms with Gasteiger partial charge in [-0.25, -0.2) is 0 Å². The minimum atomic E-state index is -1.25. The molecular formula is C17H32N6O6S. The molecule has 0 rings (SSSR count). The van der Waals surface area contributed by atoms with Gasteiger partial charge in [-0.1, -0.05) is 6.42 Å². The number of amides is 4. The Balaban J connectivity index is 5.09. The van der Waals surface area contributed by atoms with Crippen LogP contribution in [0.3, 0.4) is 0 Å². The average molecular weight is 449 g/mol. The van der Waals surface area contributed by atoms with Crippen molar-refractivity contribution in [1.82, 2.24) is 16.0 Å². The summed E-state index contributed by atoms with van der Waals surface area (Å²) in [5, 5.41) is 15.9. The topological polar surface area (TPSA) is 220 Å². The summed E-state index contributed by atoms with van der Waals surface area (Å²) in [4.78, 5) is 59.0. The zero-order valence-electron chi connectivity index (χ0n) is 16.9. The summed E-state index contributed by atoms with van der Waals surface area (Å²) >= 11 is 3.99. The molecule has 0 saturated heterocycles. The van der Waals surface area contributed by atoms with E-state index in [1.165, 1.54) is 6.92 Å². The molecule has 0 aromatic rings. The van der Waals surface area contributed by atoms with Gasteiger partial charge in [0.15, 0.2) is 0 Å². The Bertz CT molecular complexity index is 620. The van der Waals surface area contributed by atoms with Gasteiger partial charge in [-0.05, 0) is 32.7 Å². The maximum atomic E-state index is 12.6. The lowest BCUT2D eigenvalue weighted by molar-refractivity contribution is -0.141. The molecule has 4 atom stereocenters. The van der Waals surface area contributed by atoms with Gasteiger partial charge < -0.3 is 38.3 Å². The zero-order valence-corrected chi connectivity index (χ0v) is 17.8. The van der Waals surface area contributed by atoms with E-state index in [9.17, 15) is 24.0 Å². The molecule has 13 heteroatoms. The minimum Gasteiger partial charge on any atom is -0.480 e. The Morgan fingerprint density at radius 1 is 0.933 bits per heavy atom. The van der Waals surface area contributed by atoms with Crippen molar-refractivity contribution in [3.05, 3.63) is 0 Å². The molecule has 172 valence electrons. The number of carboxylic acid groups (broad SMARTS) is 1. The second kappa shape index (κ2) is 14.6. The van der Waals surface area contributed by atoms with Crippen LogP contribution in [0.4, 0.5) is 0 Å². The highest BCUT2D eigenvalue weighted by atomic mass is 32.1. The number of nitrogens with two attached hydrogens (primary N) is 3. The minimum absolute atomic E-state index is 0.102. The van der Waals surface area contributed by atoms with E-state index in [4.69, 9.17) is 22.3 Å². The fourth-order valence-electron chi connectivity index (χ4n) is 2.32. The van der Waals surface area contributed by atoms with Crippen LogP contribution in [-0.4, -0.2) is 71.2 Å². The number of carbonyl (C=O) groups is 5. The summed E-state index contributed by atoms with van der Waals surface area (Å²) in [6.45, 7) is 1.73. The predicted octanol–water partition coefficient (Wildman–Crippen LogP) is -2.80. The summed E-state index contributed by atoms with van der Waals surface area (Å²) in [5.41, 5.74) is 16.3. The van der Waals surface area contributed by atoms with E-state index >= 15 is 0 Å². The number of carboxylic acids is 1. The molecule has 4 amide bonds. The van der Waals surface area contributed by atoms with Crippen LogP contribution in [-0.2, 0) is 24.0 Å². The van der Waals surface area contributed by atoms with E-state index < -0.39 is 53.8 Å². The third-order valence-corrected chi connectivity index (χ3v) is 4.53. The number of rotatable bonds is 15. The van der Waals surface area contributed by atoms with Crippen molar-refractivity contribution < 1.29 is 29.1 Å². The number of nitrogens with one attached hydrogen (secondary N) is 3. The summed E-state index contributed by atoms with van der Waals surface area (Å²) in [5.74, 6) is -4.15. The first-order valence-corrected chi connectivity index (χ1v) is 10.1. The maximum absolute atomic E-state index is 12.6. The van der Waals surface area contributed by atoms with Gasteiger partial charge in [-0.15, -0.1) is 0 Å². The monoisotopic (exact) mass is 448 g/mol. The Morgan fingerprint density at radius 3 is 2.00 bits per heavy atom. The van der Waals surface area contributed by atoms with Gasteiger partial charge in [0.2, 0.25) is 23.6 Å². The Hall–Kier alpha value is -2.38. The first kappa shape index (κ1) is 27.6. The largest absolute Gasteiger partial charge is 0.480 e. The summed E-state index contributed by atoms with van der Waals surface area (Å²) in [6.07, 6.45) is 1.40. The first-order valence-electron chi connectivity index (χ1n) is 9.52. The van der Waals surface area contributed by atoms with Crippen LogP contribution in [0.1, 0.15) is 39.0 Å². The number of carbonyl (C=O) groups excluding carboxylic acids is 4. The second-order valence-electron chi connectivity index (χ2n) is 6.77. The van der Waals surface area contributed by atoms with Crippen molar-refractivity contribution in [3.63, 3.8) is 0 Å². The highest BCUT2D eigenvalue weighted by Crippen LogP contribution is 2.03.